The molecule has 0 fully saturated rings. The van der Waals surface area contributed by atoms with E-state index in [1.165, 1.54) is 23.1 Å². The van der Waals surface area contributed by atoms with Crippen molar-refractivity contribution in [3.63, 3.8) is 0 Å². The van der Waals surface area contributed by atoms with Gasteiger partial charge in [0, 0.05) is 18.1 Å². The molecule has 142 valence electrons. The molecule has 0 aliphatic carbocycles. The third-order valence-corrected chi connectivity index (χ3v) is 4.10. The summed E-state index contributed by atoms with van der Waals surface area (Å²) in [5.74, 6) is -1.51. The molecule has 0 atom stereocenters. The van der Waals surface area contributed by atoms with Gasteiger partial charge in [-0.05, 0) is 55.0 Å². The summed E-state index contributed by atoms with van der Waals surface area (Å²) in [7, 11) is 0. The maximum atomic E-state index is 14.2. The SMILES string of the molecule is CCOC(=O)c1ccc(N(Cc2cccnc2)C(=O)c2ccccc2F)cc1. The lowest BCUT2D eigenvalue weighted by atomic mass is 10.1. The summed E-state index contributed by atoms with van der Waals surface area (Å²) >= 11 is 0. The smallest absolute Gasteiger partial charge is 0.338 e. The van der Waals surface area contributed by atoms with E-state index >= 15 is 0 Å². The topological polar surface area (TPSA) is 59.5 Å². The number of carbonyl (C=O) groups excluding carboxylic acids is 2. The molecule has 28 heavy (non-hydrogen) atoms. The number of ether oxygens (including phenoxy) is 1. The second-order valence-corrected chi connectivity index (χ2v) is 6.00. The third kappa shape index (κ3) is 4.40. The number of hydrogen-bond donors (Lipinski definition) is 0. The van der Waals surface area contributed by atoms with Gasteiger partial charge < -0.3 is 9.64 Å². The first-order valence-corrected chi connectivity index (χ1v) is 8.82. The Labute approximate surface area is 162 Å². The second-order valence-electron chi connectivity index (χ2n) is 6.00. The van der Waals surface area contributed by atoms with Crippen LogP contribution in [-0.4, -0.2) is 23.5 Å². The van der Waals surface area contributed by atoms with Gasteiger partial charge in [0.2, 0.25) is 0 Å². The molecular weight excluding hydrogens is 359 g/mol. The van der Waals surface area contributed by atoms with Crippen LogP contribution in [0.1, 0.15) is 33.2 Å². The number of amides is 1. The van der Waals surface area contributed by atoms with Crippen molar-refractivity contribution in [2.75, 3.05) is 11.5 Å². The molecule has 0 aliphatic rings. The van der Waals surface area contributed by atoms with Crippen LogP contribution in [0, 0.1) is 5.82 Å². The highest BCUT2D eigenvalue weighted by Gasteiger charge is 2.21. The second kappa shape index (κ2) is 8.90. The predicted octanol–water partition coefficient (Wildman–Crippen LogP) is 4.24. The van der Waals surface area contributed by atoms with Gasteiger partial charge in [0.25, 0.3) is 5.91 Å². The Morgan fingerprint density at radius 3 is 2.43 bits per heavy atom. The van der Waals surface area contributed by atoms with Gasteiger partial charge >= 0.3 is 5.97 Å². The zero-order chi connectivity index (χ0) is 19.9. The quantitative estimate of drug-likeness (QED) is 0.602. The molecule has 0 unspecified atom stereocenters. The first kappa shape index (κ1) is 19.2. The molecule has 0 spiro atoms. The summed E-state index contributed by atoms with van der Waals surface area (Å²) in [6, 6.07) is 15.9. The molecule has 0 radical (unpaired) electrons. The molecule has 5 nitrogen and oxygen atoms in total. The first-order valence-electron chi connectivity index (χ1n) is 8.82. The minimum atomic E-state index is -0.591. The van der Waals surface area contributed by atoms with Crippen molar-refractivity contribution in [3.05, 3.63) is 95.6 Å². The van der Waals surface area contributed by atoms with E-state index in [9.17, 15) is 14.0 Å². The Balaban J connectivity index is 1.95. The summed E-state index contributed by atoms with van der Waals surface area (Å²) in [6.45, 7) is 2.22. The molecule has 3 aromatic rings. The van der Waals surface area contributed by atoms with Crippen molar-refractivity contribution >= 4 is 17.6 Å². The molecule has 2 aromatic carbocycles. The molecule has 6 heteroatoms. The number of halogens is 1. The van der Waals surface area contributed by atoms with Crippen LogP contribution in [0.5, 0.6) is 0 Å². The van der Waals surface area contributed by atoms with Crippen LogP contribution in [0.25, 0.3) is 0 Å². The van der Waals surface area contributed by atoms with E-state index in [-0.39, 0.29) is 18.7 Å². The summed E-state index contributed by atoms with van der Waals surface area (Å²) in [6.07, 6.45) is 3.29. The lowest BCUT2D eigenvalue weighted by molar-refractivity contribution is 0.0526. The molecule has 1 amide bonds. The molecule has 3 rings (SSSR count). The number of esters is 1. The molecular formula is C22H19FN2O3. The highest BCUT2D eigenvalue weighted by atomic mass is 19.1. The average molecular weight is 378 g/mol. The van der Waals surface area contributed by atoms with Crippen LogP contribution < -0.4 is 4.90 Å². The van der Waals surface area contributed by atoms with Gasteiger partial charge in [0.05, 0.1) is 24.3 Å². The van der Waals surface area contributed by atoms with Crippen molar-refractivity contribution in [1.82, 2.24) is 4.98 Å². The van der Waals surface area contributed by atoms with Crippen LogP contribution in [0.3, 0.4) is 0 Å². The van der Waals surface area contributed by atoms with Gasteiger partial charge in [-0.1, -0.05) is 18.2 Å². The van der Waals surface area contributed by atoms with Crippen LogP contribution in [0.15, 0.2) is 73.1 Å². The highest BCUT2D eigenvalue weighted by Crippen LogP contribution is 2.22. The fourth-order valence-electron chi connectivity index (χ4n) is 2.73. The van der Waals surface area contributed by atoms with Gasteiger partial charge in [-0.15, -0.1) is 0 Å². The molecule has 0 bridgehead atoms. The van der Waals surface area contributed by atoms with Crippen molar-refractivity contribution in [3.8, 4) is 0 Å². The van der Waals surface area contributed by atoms with Crippen LogP contribution in [0.4, 0.5) is 10.1 Å². The monoisotopic (exact) mass is 378 g/mol. The molecule has 0 saturated heterocycles. The fourth-order valence-corrected chi connectivity index (χ4v) is 2.73. The predicted molar refractivity (Wildman–Crippen MR) is 104 cm³/mol. The summed E-state index contributed by atoms with van der Waals surface area (Å²) in [4.78, 5) is 30.4. The van der Waals surface area contributed by atoms with E-state index in [4.69, 9.17) is 4.74 Å². The number of benzene rings is 2. The number of anilines is 1. The van der Waals surface area contributed by atoms with Gasteiger partial charge in [-0.25, -0.2) is 9.18 Å². The molecule has 1 aromatic heterocycles. The van der Waals surface area contributed by atoms with Gasteiger partial charge in [0.1, 0.15) is 5.82 Å². The molecule has 0 aliphatic heterocycles. The maximum absolute atomic E-state index is 14.2. The Bertz CT molecular complexity index is 959. The highest BCUT2D eigenvalue weighted by molar-refractivity contribution is 6.06. The van der Waals surface area contributed by atoms with Crippen molar-refractivity contribution in [2.45, 2.75) is 13.5 Å². The van der Waals surface area contributed by atoms with Gasteiger partial charge in [-0.2, -0.15) is 0 Å². The maximum Gasteiger partial charge on any atom is 0.338 e. The lowest BCUT2D eigenvalue weighted by Gasteiger charge is -2.23. The largest absolute Gasteiger partial charge is 0.462 e. The van der Waals surface area contributed by atoms with E-state index in [0.29, 0.717) is 11.3 Å². The standard InChI is InChI=1S/C22H19FN2O3/c1-2-28-22(27)17-9-11-18(12-10-17)25(15-16-6-5-13-24-14-16)21(26)19-7-3-4-8-20(19)23/h3-14H,2,15H2,1H3. The number of rotatable bonds is 6. The summed E-state index contributed by atoms with van der Waals surface area (Å²) < 4.78 is 19.2. The Hall–Kier alpha value is -3.54. The average Bonchev–Trinajstić information content (AvgIpc) is 2.73. The zero-order valence-corrected chi connectivity index (χ0v) is 15.3. The number of carbonyl (C=O) groups is 2. The minimum absolute atomic E-state index is 0.0270. The van der Waals surface area contributed by atoms with E-state index < -0.39 is 17.7 Å². The Morgan fingerprint density at radius 1 is 1.04 bits per heavy atom. The number of aromatic nitrogens is 1. The summed E-state index contributed by atoms with van der Waals surface area (Å²) in [5, 5.41) is 0. The van der Waals surface area contributed by atoms with Gasteiger partial charge in [0.15, 0.2) is 0 Å². The minimum Gasteiger partial charge on any atom is -0.462 e. The van der Waals surface area contributed by atoms with E-state index in [1.54, 1.807) is 55.7 Å². The van der Waals surface area contributed by atoms with Crippen molar-refractivity contribution in [2.24, 2.45) is 0 Å². The van der Waals surface area contributed by atoms with Crippen LogP contribution >= 0.6 is 0 Å². The molecule has 0 N–H and O–H groups in total. The molecule has 0 saturated carbocycles. The van der Waals surface area contributed by atoms with E-state index in [0.717, 1.165) is 5.56 Å². The number of hydrogen-bond acceptors (Lipinski definition) is 4. The molecule has 1 heterocycles. The number of pyridine rings is 1. The number of nitrogens with zero attached hydrogens (tertiary/aromatic N) is 2. The first-order chi connectivity index (χ1) is 13.6. The van der Waals surface area contributed by atoms with Crippen LogP contribution in [0.2, 0.25) is 0 Å². The summed E-state index contributed by atoms with van der Waals surface area (Å²) in [5.41, 5.74) is 1.68. The normalized spacial score (nSPS) is 10.4. The Morgan fingerprint density at radius 2 is 1.79 bits per heavy atom. The van der Waals surface area contributed by atoms with Crippen LogP contribution in [-0.2, 0) is 11.3 Å². The zero-order valence-electron chi connectivity index (χ0n) is 15.3. The lowest BCUT2D eigenvalue weighted by Crippen LogP contribution is -2.31. The third-order valence-electron chi connectivity index (χ3n) is 4.10. The fraction of sp³-hybridized carbons (Fsp3) is 0.136. The van der Waals surface area contributed by atoms with Crippen molar-refractivity contribution in [1.29, 1.82) is 0 Å². The Kier molecular flexibility index (Phi) is 6.11. The van der Waals surface area contributed by atoms with E-state index in [2.05, 4.69) is 4.98 Å². The van der Waals surface area contributed by atoms with E-state index in [1.807, 2.05) is 6.07 Å². The van der Waals surface area contributed by atoms with Gasteiger partial charge in [-0.3, -0.25) is 9.78 Å². The van der Waals surface area contributed by atoms with Crippen molar-refractivity contribution < 1.29 is 18.7 Å².